The van der Waals surface area contributed by atoms with Crippen molar-refractivity contribution in [3.05, 3.63) is 53.1 Å². The smallest absolute Gasteiger partial charge is 0.264 e. The highest BCUT2D eigenvalue weighted by Gasteiger charge is 2.26. The quantitative estimate of drug-likeness (QED) is 0.845. The Hall–Kier alpha value is -2.40. The SMILES string of the molecule is Cc1ccc(OCCNC(=O)[C@@H]2COc3ccccc3O2)cc1Cl. The molecular weight excluding hydrogens is 330 g/mol. The predicted octanol–water partition coefficient (Wildman–Crippen LogP) is 2.98. The minimum atomic E-state index is -0.659. The minimum absolute atomic E-state index is 0.192. The Balaban J connectivity index is 1.44. The average molecular weight is 348 g/mol. The number of amides is 1. The summed E-state index contributed by atoms with van der Waals surface area (Å²) in [5.74, 6) is 1.68. The molecule has 24 heavy (non-hydrogen) atoms. The molecule has 1 heterocycles. The third kappa shape index (κ3) is 3.92. The molecule has 6 heteroatoms. The molecule has 2 aromatic rings. The average Bonchev–Trinajstić information content (AvgIpc) is 2.61. The number of benzene rings is 2. The molecule has 126 valence electrons. The molecule has 0 radical (unpaired) electrons. The number of nitrogens with one attached hydrogen (secondary N) is 1. The summed E-state index contributed by atoms with van der Waals surface area (Å²) in [6, 6.07) is 12.8. The highest BCUT2D eigenvalue weighted by Crippen LogP contribution is 2.30. The lowest BCUT2D eigenvalue weighted by Gasteiger charge is -2.25. The van der Waals surface area contributed by atoms with Crippen LogP contribution in [0, 0.1) is 6.92 Å². The Kier molecular flexibility index (Phi) is 5.11. The molecule has 0 aromatic heterocycles. The van der Waals surface area contributed by atoms with Crippen molar-refractivity contribution in [2.45, 2.75) is 13.0 Å². The van der Waals surface area contributed by atoms with E-state index < -0.39 is 6.10 Å². The molecule has 0 saturated carbocycles. The van der Waals surface area contributed by atoms with Crippen LogP contribution in [0.4, 0.5) is 0 Å². The second-order valence-electron chi connectivity index (χ2n) is 5.41. The zero-order valence-corrected chi connectivity index (χ0v) is 14.0. The van der Waals surface area contributed by atoms with Crippen molar-refractivity contribution in [3.8, 4) is 17.2 Å². The number of halogens is 1. The normalized spacial score (nSPS) is 15.7. The summed E-state index contributed by atoms with van der Waals surface area (Å²) in [6.45, 7) is 2.83. The van der Waals surface area contributed by atoms with Gasteiger partial charge in [-0.1, -0.05) is 29.8 Å². The second-order valence-corrected chi connectivity index (χ2v) is 5.82. The van der Waals surface area contributed by atoms with Crippen molar-refractivity contribution in [2.75, 3.05) is 19.8 Å². The molecule has 0 unspecified atom stereocenters. The van der Waals surface area contributed by atoms with Gasteiger partial charge in [-0.3, -0.25) is 4.79 Å². The van der Waals surface area contributed by atoms with E-state index in [2.05, 4.69) is 5.32 Å². The first-order chi connectivity index (χ1) is 11.6. The maximum Gasteiger partial charge on any atom is 0.264 e. The fraction of sp³-hybridized carbons (Fsp3) is 0.278. The van der Waals surface area contributed by atoms with E-state index in [0.717, 1.165) is 5.56 Å². The van der Waals surface area contributed by atoms with E-state index in [1.54, 1.807) is 12.1 Å². The molecule has 1 aliphatic rings. The first-order valence-electron chi connectivity index (χ1n) is 7.68. The van der Waals surface area contributed by atoms with E-state index in [1.807, 2.05) is 37.3 Å². The molecule has 0 spiro atoms. The first kappa shape index (κ1) is 16.5. The summed E-state index contributed by atoms with van der Waals surface area (Å²) >= 11 is 6.04. The van der Waals surface area contributed by atoms with Crippen LogP contribution in [-0.4, -0.2) is 31.8 Å². The van der Waals surface area contributed by atoms with Crippen molar-refractivity contribution >= 4 is 17.5 Å². The molecule has 1 atom stereocenters. The Morgan fingerprint density at radius 2 is 2.08 bits per heavy atom. The number of aryl methyl sites for hydroxylation is 1. The van der Waals surface area contributed by atoms with E-state index in [0.29, 0.717) is 35.4 Å². The van der Waals surface area contributed by atoms with Crippen LogP contribution in [0.2, 0.25) is 5.02 Å². The summed E-state index contributed by atoms with van der Waals surface area (Å²) in [5.41, 5.74) is 0.993. The van der Waals surface area contributed by atoms with Gasteiger partial charge >= 0.3 is 0 Å². The molecule has 1 amide bonds. The van der Waals surface area contributed by atoms with Crippen LogP contribution in [0.1, 0.15) is 5.56 Å². The van der Waals surface area contributed by atoms with E-state index in [1.165, 1.54) is 0 Å². The lowest BCUT2D eigenvalue weighted by atomic mass is 10.2. The summed E-state index contributed by atoms with van der Waals surface area (Å²) in [7, 11) is 0. The van der Waals surface area contributed by atoms with Crippen LogP contribution in [0.5, 0.6) is 17.2 Å². The third-order valence-corrected chi connectivity index (χ3v) is 4.02. The zero-order valence-electron chi connectivity index (χ0n) is 13.3. The molecule has 0 fully saturated rings. The van der Waals surface area contributed by atoms with Crippen LogP contribution in [-0.2, 0) is 4.79 Å². The van der Waals surface area contributed by atoms with Gasteiger partial charge in [0.2, 0.25) is 6.10 Å². The van der Waals surface area contributed by atoms with E-state index in [4.69, 9.17) is 25.8 Å². The van der Waals surface area contributed by atoms with Gasteiger partial charge in [-0.25, -0.2) is 0 Å². The summed E-state index contributed by atoms with van der Waals surface area (Å²) < 4.78 is 16.7. The van der Waals surface area contributed by atoms with Gasteiger partial charge in [0, 0.05) is 5.02 Å². The summed E-state index contributed by atoms with van der Waals surface area (Å²) in [6.07, 6.45) is -0.659. The highest BCUT2D eigenvalue weighted by atomic mass is 35.5. The molecule has 2 aromatic carbocycles. The monoisotopic (exact) mass is 347 g/mol. The molecular formula is C18H18ClNO4. The lowest BCUT2D eigenvalue weighted by molar-refractivity contribution is -0.130. The Labute approximate surface area is 145 Å². The maximum atomic E-state index is 12.1. The van der Waals surface area contributed by atoms with Crippen molar-refractivity contribution in [1.29, 1.82) is 0 Å². The van der Waals surface area contributed by atoms with E-state index >= 15 is 0 Å². The Bertz CT molecular complexity index is 735. The number of rotatable bonds is 5. The molecule has 1 N–H and O–H groups in total. The van der Waals surface area contributed by atoms with Gasteiger partial charge in [-0.15, -0.1) is 0 Å². The van der Waals surface area contributed by atoms with Gasteiger partial charge in [0.25, 0.3) is 5.91 Å². The number of para-hydroxylation sites is 2. The van der Waals surface area contributed by atoms with Crippen LogP contribution in [0.25, 0.3) is 0 Å². The van der Waals surface area contributed by atoms with Crippen LogP contribution >= 0.6 is 11.6 Å². The van der Waals surface area contributed by atoms with Crippen molar-refractivity contribution in [2.24, 2.45) is 0 Å². The number of hydrogen-bond acceptors (Lipinski definition) is 4. The second kappa shape index (κ2) is 7.45. The molecule has 3 rings (SSSR count). The van der Waals surface area contributed by atoms with Gasteiger partial charge in [-0.2, -0.15) is 0 Å². The number of carbonyl (C=O) groups is 1. The summed E-state index contributed by atoms with van der Waals surface area (Å²) in [4.78, 5) is 12.1. The van der Waals surface area contributed by atoms with Crippen LogP contribution < -0.4 is 19.5 Å². The van der Waals surface area contributed by atoms with Gasteiger partial charge in [-0.05, 0) is 36.8 Å². The van der Waals surface area contributed by atoms with Crippen LogP contribution in [0.15, 0.2) is 42.5 Å². The van der Waals surface area contributed by atoms with Gasteiger partial charge in [0.1, 0.15) is 19.0 Å². The van der Waals surface area contributed by atoms with Crippen molar-refractivity contribution in [1.82, 2.24) is 5.32 Å². The molecule has 0 aliphatic carbocycles. The molecule has 0 bridgehead atoms. The fourth-order valence-corrected chi connectivity index (χ4v) is 2.44. The van der Waals surface area contributed by atoms with E-state index in [-0.39, 0.29) is 12.5 Å². The molecule has 5 nitrogen and oxygen atoms in total. The molecule has 0 saturated heterocycles. The van der Waals surface area contributed by atoms with Gasteiger partial charge in [0.05, 0.1) is 6.54 Å². The van der Waals surface area contributed by atoms with Gasteiger partial charge in [0.15, 0.2) is 11.5 Å². The largest absolute Gasteiger partial charge is 0.492 e. The number of hydrogen-bond donors (Lipinski definition) is 1. The third-order valence-electron chi connectivity index (χ3n) is 3.61. The Morgan fingerprint density at radius 1 is 1.29 bits per heavy atom. The van der Waals surface area contributed by atoms with Crippen molar-refractivity contribution < 1.29 is 19.0 Å². The highest BCUT2D eigenvalue weighted by molar-refractivity contribution is 6.31. The van der Waals surface area contributed by atoms with Crippen molar-refractivity contribution in [3.63, 3.8) is 0 Å². The topological polar surface area (TPSA) is 56.8 Å². The summed E-state index contributed by atoms with van der Waals surface area (Å²) in [5, 5.41) is 3.43. The lowest BCUT2D eigenvalue weighted by Crippen LogP contribution is -2.45. The fourth-order valence-electron chi connectivity index (χ4n) is 2.27. The van der Waals surface area contributed by atoms with Gasteiger partial charge < -0.3 is 19.5 Å². The molecule has 1 aliphatic heterocycles. The van der Waals surface area contributed by atoms with E-state index in [9.17, 15) is 4.79 Å². The first-order valence-corrected chi connectivity index (χ1v) is 8.06. The Morgan fingerprint density at radius 3 is 2.88 bits per heavy atom. The van der Waals surface area contributed by atoms with Crippen LogP contribution in [0.3, 0.4) is 0 Å². The number of carbonyl (C=O) groups excluding carboxylic acids is 1. The number of fused-ring (bicyclic) bond motifs is 1. The standard InChI is InChI=1S/C18H18ClNO4/c1-12-6-7-13(10-14(12)19)22-9-8-20-18(21)17-11-23-15-4-2-3-5-16(15)24-17/h2-7,10,17H,8-9,11H2,1H3,(H,20,21)/t17-/m0/s1. The minimum Gasteiger partial charge on any atom is -0.492 e. The maximum absolute atomic E-state index is 12.1. The number of ether oxygens (including phenoxy) is 3. The zero-order chi connectivity index (χ0) is 16.9. The predicted molar refractivity (Wildman–Crippen MR) is 91.0 cm³/mol.